The smallest absolute Gasteiger partial charge is 0.153 e. The van der Waals surface area contributed by atoms with Crippen LogP contribution < -0.4 is 5.11 Å². The third kappa shape index (κ3) is 7.39. The van der Waals surface area contributed by atoms with Crippen LogP contribution >= 0.6 is 0 Å². The van der Waals surface area contributed by atoms with E-state index in [0.717, 1.165) is 61.1 Å². The van der Waals surface area contributed by atoms with Gasteiger partial charge in [-0.3, -0.25) is 0 Å². The van der Waals surface area contributed by atoms with E-state index in [0.29, 0.717) is 0 Å². The maximum atomic E-state index is 15.7. The zero-order valence-corrected chi connectivity index (χ0v) is 34.9. The molecular weight excluding hydrogens is 740 g/mol. The van der Waals surface area contributed by atoms with Crippen LogP contribution in [0.4, 0.5) is 0 Å². The van der Waals surface area contributed by atoms with E-state index in [4.69, 9.17) is 11.7 Å². The molecule has 0 radical (unpaired) electrons. The molecule has 57 heavy (non-hydrogen) atoms. The van der Waals surface area contributed by atoms with Gasteiger partial charge in [-0.1, -0.05) is 0 Å². The van der Waals surface area contributed by atoms with Crippen molar-refractivity contribution in [3.8, 4) is 0 Å². The normalized spacial score (nSPS) is 13.7. The summed E-state index contributed by atoms with van der Waals surface area (Å²) in [5.74, 6) is -0.969. The summed E-state index contributed by atoms with van der Waals surface area (Å²) < 4.78 is 15.0. The molecule has 6 aromatic carbocycles. The minimum Gasteiger partial charge on any atom is -0.857 e. The molecule has 0 bridgehead atoms. The second kappa shape index (κ2) is 17.7. The van der Waals surface area contributed by atoms with E-state index in [2.05, 4.69) is 34.6 Å². The van der Waals surface area contributed by atoms with Gasteiger partial charge in [0.1, 0.15) is 0 Å². The van der Waals surface area contributed by atoms with E-state index in [9.17, 15) is 0 Å². The predicted octanol–water partition coefficient (Wildman–Crippen LogP) is 10.2. The molecule has 1 aliphatic rings. The Labute approximate surface area is 344 Å². The van der Waals surface area contributed by atoms with Crippen molar-refractivity contribution in [1.29, 1.82) is 0 Å². The van der Waals surface area contributed by atoms with Gasteiger partial charge < -0.3 is 5.11 Å². The summed E-state index contributed by atoms with van der Waals surface area (Å²) in [6, 6.07) is 58.6. The first-order valence-corrected chi connectivity index (χ1v) is 21.2. The van der Waals surface area contributed by atoms with Gasteiger partial charge in [0.15, 0.2) is 0 Å². The quantitative estimate of drug-likeness (QED) is 0.0966. The molecule has 0 aromatic heterocycles. The molecule has 0 unspecified atom stereocenters. The number of benzene rings is 6. The Hall–Kier alpha value is -5.59. The molecule has 5 nitrogen and oxygen atoms in total. The zero-order valence-electron chi connectivity index (χ0n) is 33.4. The van der Waals surface area contributed by atoms with E-state index in [1.54, 1.807) is 0 Å². The third-order valence-electron chi connectivity index (χ3n) is 11.5. The molecule has 7 rings (SSSR count). The van der Waals surface area contributed by atoms with Crippen molar-refractivity contribution >= 4 is 11.9 Å². The summed E-state index contributed by atoms with van der Waals surface area (Å²) in [4.78, 5) is 31.5. The number of rotatable bonds is 11. The Balaban J connectivity index is 0.00000270. The third-order valence-corrected chi connectivity index (χ3v) is 14.8. The number of hydrogen-bond donors (Lipinski definition) is 0. The molecule has 6 aromatic rings. The maximum Gasteiger partial charge on any atom is -0.153 e. The van der Waals surface area contributed by atoms with Crippen molar-refractivity contribution in [3.63, 3.8) is 0 Å². The van der Waals surface area contributed by atoms with Crippen LogP contribution in [0.15, 0.2) is 203 Å². The molecule has 0 saturated carbocycles. The van der Waals surface area contributed by atoms with Gasteiger partial charge >= 0.3 is 334 Å². The van der Waals surface area contributed by atoms with Gasteiger partial charge in [0.25, 0.3) is 0 Å². The van der Waals surface area contributed by atoms with Crippen LogP contribution in [0.3, 0.4) is 0 Å². The molecular formula is C51H48O5Ti. The van der Waals surface area contributed by atoms with Crippen LogP contribution in [-0.2, 0) is 45.7 Å². The fraction of sp³-hybridized carbons (Fsp3) is 0.176. The molecule has 0 N–H and O–H groups in total. The molecule has 0 saturated heterocycles. The molecule has 0 fully saturated rings. The minimum absolute atomic E-state index is 0.484. The summed E-state index contributed by atoms with van der Waals surface area (Å²) in [7, 11) is 0.750. The SMILES string of the molecule is CC1=C(C)C(C)(C)[C]([Ti+]([O]C(=O)C(c2ccccc2)(c2ccccc2)c2ccccc2)[O]C(=O)C(c2ccccc2)(c2ccccc2)c2ccccc2)=C1C.C[O-]. The number of hydrogen-bond acceptors (Lipinski definition) is 5. The molecule has 6 heteroatoms. The van der Waals surface area contributed by atoms with Gasteiger partial charge in [-0.2, -0.15) is 7.11 Å². The van der Waals surface area contributed by atoms with Crippen molar-refractivity contribution in [3.05, 3.63) is 236 Å². The van der Waals surface area contributed by atoms with Crippen LogP contribution in [0.2, 0.25) is 0 Å². The number of carbonyl (C=O) groups excluding carboxylic acids is 2. The van der Waals surface area contributed by atoms with Crippen LogP contribution in [0, 0.1) is 5.41 Å². The molecule has 286 valence electrons. The van der Waals surface area contributed by atoms with Crippen LogP contribution in [0.25, 0.3) is 0 Å². The van der Waals surface area contributed by atoms with Gasteiger partial charge in [0.05, 0.1) is 0 Å². The molecule has 0 spiro atoms. The minimum atomic E-state index is -3.88. The van der Waals surface area contributed by atoms with Crippen molar-refractivity contribution in [1.82, 2.24) is 0 Å². The second-order valence-corrected chi connectivity index (χ2v) is 17.0. The first-order chi connectivity index (χ1) is 27.6. The Bertz CT molecular complexity index is 2000. The van der Waals surface area contributed by atoms with E-state index < -0.39 is 46.8 Å². The van der Waals surface area contributed by atoms with Crippen molar-refractivity contribution in [2.24, 2.45) is 5.41 Å². The Morgan fingerprint density at radius 3 is 0.860 bits per heavy atom. The monoisotopic (exact) mass is 788 g/mol. The van der Waals surface area contributed by atoms with Gasteiger partial charge in [-0.05, 0) is 0 Å². The number of carbonyl (C=O) groups is 2. The van der Waals surface area contributed by atoms with Crippen LogP contribution in [-0.4, -0.2) is 19.0 Å². The predicted molar refractivity (Wildman–Crippen MR) is 221 cm³/mol. The topological polar surface area (TPSA) is 75.7 Å². The van der Waals surface area contributed by atoms with E-state index in [1.165, 1.54) is 0 Å². The van der Waals surface area contributed by atoms with E-state index >= 15 is 9.59 Å². The standard InChI is InChI=1S/2C20H16O2.C10H15.CH3O.Ti/c2*21-19(22)20(16-10-4-1-5-11-16,17-12-6-2-7-13-17)18-14-8-3-9-15-18;1-7-6-10(4,5)9(3)8(7)2;1-2;/h2*1-15H,(H,21,22);1-5H3;1H3;/q;;;-1;+3/p-2. The van der Waals surface area contributed by atoms with Crippen molar-refractivity contribution < 1.29 is 40.0 Å². The first kappa shape index (κ1) is 41.1. The van der Waals surface area contributed by atoms with Gasteiger partial charge in [0.2, 0.25) is 0 Å². The first-order valence-electron chi connectivity index (χ1n) is 19.1. The molecule has 1 aliphatic carbocycles. The van der Waals surface area contributed by atoms with Crippen molar-refractivity contribution in [2.75, 3.05) is 7.11 Å². The molecule has 0 atom stereocenters. The average Bonchev–Trinajstić information content (AvgIpc) is 3.41. The second-order valence-electron chi connectivity index (χ2n) is 14.6. The Morgan fingerprint density at radius 2 is 0.667 bits per heavy atom. The molecule has 0 aliphatic heterocycles. The van der Waals surface area contributed by atoms with E-state index in [1.807, 2.05) is 182 Å². The summed E-state index contributed by atoms with van der Waals surface area (Å²) in [5, 5.41) is 8.25. The summed E-state index contributed by atoms with van der Waals surface area (Å²) in [5.41, 5.74) is 4.61. The summed E-state index contributed by atoms with van der Waals surface area (Å²) in [6.07, 6.45) is 0. The van der Waals surface area contributed by atoms with Crippen molar-refractivity contribution in [2.45, 2.75) is 45.4 Å². The summed E-state index contributed by atoms with van der Waals surface area (Å²) in [6.45, 7) is 10.6. The van der Waals surface area contributed by atoms with Gasteiger partial charge in [0, 0.05) is 0 Å². The van der Waals surface area contributed by atoms with Crippen LogP contribution in [0.5, 0.6) is 0 Å². The van der Waals surface area contributed by atoms with Gasteiger partial charge in [-0.15, -0.1) is 0 Å². The van der Waals surface area contributed by atoms with E-state index in [-0.39, 0.29) is 0 Å². The Kier molecular flexibility index (Phi) is 12.7. The fourth-order valence-corrected chi connectivity index (χ4v) is 11.5. The average molecular weight is 789 g/mol. The number of allylic oxidation sites excluding steroid dienone is 4. The summed E-state index contributed by atoms with van der Waals surface area (Å²) >= 11 is -3.88. The maximum absolute atomic E-state index is 15.7. The van der Waals surface area contributed by atoms with Gasteiger partial charge in [-0.25, -0.2) is 0 Å². The molecule has 0 amide bonds. The Morgan fingerprint density at radius 1 is 0.439 bits per heavy atom. The largest absolute Gasteiger partial charge is 0.857 e. The fourth-order valence-electron chi connectivity index (χ4n) is 8.28. The molecule has 0 heterocycles. The van der Waals surface area contributed by atoms with Crippen LogP contribution in [0.1, 0.15) is 68.0 Å². The zero-order chi connectivity index (χ0) is 40.6.